The zero-order chi connectivity index (χ0) is 18.4. The summed E-state index contributed by atoms with van der Waals surface area (Å²) in [6, 6.07) is 0.284. The fraction of sp³-hybridized carbons (Fsp3) is 0.500. The standard InChI is InChI=1S/C18H21N7OS/c1-24(18(26)14-7-27-10-23-14)13-4-11-2-3-25(6-12(11)5-13)17-15-16(20-8-19-15)21-9-22-17/h7-13H,2-6H2,1H3,(H,19,20,21,22)/t11-,12-,13+/m1/s1. The van der Waals surface area contributed by atoms with Gasteiger partial charge in [-0.3, -0.25) is 4.79 Å². The van der Waals surface area contributed by atoms with Crippen LogP contribution in [0.2, 0.25) is 0 Å². The van der Waals surface area contributed by atoms with Gasteiger partial charge in [0, 0.05) is 31.6 Å². The van der Waals surface area contributed by atoms with E-state index in [2.05, 4.69) is 29.8 Å². The lowest BCUT2D eigenvalue weighted by atomic mass is 9.89. The van der Waals surface area contributed by atoms with Crippen molar-refractivity contribution in [2.24, 2.45) is 11.8 Å². The first-order valence-electron chi connectivity index (χ1n) is 9.25. The molecule has 1 amide bonds. The second-order valence-electron chi connectivity index (χ2n) is 7.47. The van der Waals surface area contributed by atoms with Crippen LogP contribution in [0, 0.1) is 11.8 Å². The summed E-state index contributed by atoms with van der Waals surface area (Å²) in [7, 11) is 1.92. The van der Waals surface area contributed by atoms with Crippen molar-refractivity contribution in [1.82, 2.24) is 29.8 Å². The predicted molar refractivity (Wildman–Crippen MR) is 103 cm³/mol. The van der Waals surface area contributed by atoms with Gasteiger partial charge in [-0.25, -0.2) is 19.9 Å². The molecule has 0 aromatic carbocycles. The number of nitrogens with one attached hydrogen (secondary N) is 1. The Bertz CT molecular complexity index is 956. The molecule has 1 saturated heterocycles. The number of amides is 1. The number of aromatic amines is 1. The summed E-state index contributed by atoms with van der Waals surface area (Å²) in [5.74, 6) is 2.21. The Morgan fingerprint density at radius 3 is 3.00 bits per heavy atom. The summed E-state index contributed by atoms with van der Waals surface area (Å²) >= 11 is 1.46. The Morgan fingerprint density at radius 1 is 1.26 bits per heavy atom. The lowest BCUT2D eigenvalue weighted by Gasteiger charge is -2.35. The predicted octanol–water partition coefficient (Wildman–Crippen LogP) is 2.19. The third kappa shape index (κ3) is 2.86. The van der Waals surface area contributed by atoms with Gasteiger partial charge in [-0.2, -0.15) is 0 Å². The summed E-state index contributed by atoms with van der Waals surface area (Å²) in [4.78, 5) is 37.2. The van der Waals surface area contributed by atoms with Crippen molar-refractivity contribution in [3.05, 3.63) is 29.2 Å². The number of H-pyrrole nitrogens is 1. The zero-order valence-corrected chi connectivity index (χ0v) is 15.9. The molecule has 3 aromatic rings. The quantitative estimate of drug-likeness (QED) is 0.745. The van der Waals surface area contributed by atoms with E-state index in [1.807, 2.05) is 17.3 Å². The van der Waals surface area contributed by atoms with Crippen molar-refractivity contribution in [3.63, 3.8) is 0 Å². The maximum Gasteiger partial charge on any atom is 0.273 e. The fourth-order valence-corrected chi connectivity index (χ4v) is 5.14. The van der Waals surface area contributed by atoms with Crippen LogP contribution < -0.4 is 4.90 Å². The van der Waals surface area contributed by atoms with Gasteiger partial charge in [0.05, 0.1) is 11.8 Å². The number of hydrogen-bond acceptors (Lipinski definition) is 7. The van der Waals surface area contributed by atoms with Gasteiger partial charge in [0.2, 0.25) is 0 Å². The van der Waals surface area contributed by atoms with Crippen LogP contribution in [0.1, 0.15) is 29.8 Å². The molecule has 0 radical (unpaired) electrons. The van der Waals surface area contributed by atoms with E-state index in [4.69, 9.17) is 0 Å². The number of thiazole rings is 1. The number of aromatic nitrogens is 5. The molecule has 3 atom stereocenters. The average Bonchev–Trinajstić information content (AvgIpc) is 3.45. The summed E-state index contributed by atoms with van der Waals surface area (Å²) < 4.78 is 0. The molecular weight excluding hydrogens is 362 g/mol. The number of piperidine rings is 1. The second-order valence-corrected chi connectivity index (χ2v) is 8.19. The van der Waals surface area contributed by atoms with Crippen molar-refractivity contribution in [2.45, 2.75) is 25.3 Å². The maximum atomic E-state index is 12.6. The smallest absolute Gasteiger partial charge is 0.273 e. The van der Waals surface area contributed by atoms with Crippen molar-refractivity contribution in [1.29, 1.82) is 0 Å². The van der Waals surface area contributed by atoms with E-state index >= 15 is 0 Å². The van der Waals surface area contributed by atoms with E-state index in [9.17, 15) is 4.79 Å². The number of nitrogens with zero attached hydrogens (tertiary/aromatic N) is 6. The summed E-state index contributed by atoms with van der Waals surface area (Å²) in [5.41, 5.74) is 3.88. The fourth-order valence-electron chi connectivity index (χ4n) is 4.62. The molecule has 1 aliphatic carbocycles. The van der Waals surface area contributed by atoms with Gasteiger partial charge in [-0.1, -0.05) is 0 Å². The molecule has 0 spiro atoms. The first-order valence-corrected chi connectivity index (χ1v) is 10.2. The lowest BCUT2D eigenvalue weighted by Crippen LogP contribution is -2.39. The molecule has 2 fully saturated rings. The molecule has 5 rings (SSSR count). The Hall–Kier alpha value is -2.55. The highest BCUT2D eigenvalue weighted by molar-refractivity contribution is 7.07. The monoisotopic (exact) mass is 383 g/mol. The number of anilines is 1. The molecule has 3 aromatic heterocycles. The second kappa shape index (κ2) is 6.56. The van der Waals surface area contributed by atoms with Gasteiger partial charge < -0.3 is 14.8 Å². The molecule has 1 saturated carbocycles. The van der Waals surface area contributed by atoms with Gasteiger partial charge >= 0.3 is 0 Å². The molecule has 4 heterocycles. The van der Waals surface area contributed by atoms with E-state index in [1.54, 1.807) is 18.2 Å². The van der Waals surface area contributed by atoms with Crippen LogP contribution in [0.5, 0.6) is 0 Å². The normalized spacial score (nSPS) is 24.9. The first-order chi connectivity index (χ1) is 13.2. The number of carbonyl (C=O) groups excluding carboxylic acids is 1. The minimum absolute atomic E-state index is 0.0340. The van der Waals surface area contributed by atoms with E-state index in [0.29, 0.717) is 23.2 Å². The Kier molecular flexibility index (Phi) is 4.04. The molecule has 8 nitrogen and oxygen atoms in total. The van der Waals surface area contributed by atoms with Crippen molar-refractivity contribution in [2.75, 3.05) is 25.0 Å². The largest absolute Gasteiger partial charge is 0.354 e. The number of imidazole rings is 1. The number of fused-ring (bicyclic) bond motifs is 2. The summed E-state index contributed by atoms with van der Waals surface area (Å²) in [5, 5.41) is 1.83. The van der Waals surface area contributed by atoms with Crippen LogP contribution in [0.15, 0.2) is 23.5 Å². The van der Waals surface area contributed by atoms with Crippen molar-refractivity contribution in [3.8, 4) is 0 Å². The van der Waals surface area contributed by atoms with Gasteiger partial charge in [0.15, 0.2) is 11.5 Å². The number of rotatable bonds is 3. The average molecular weight is 383 g/mol. The first kappa shape index (κ1) is 16.6. The van der Waals surface area contributed by atoms with E-state index in [1.165, 1.54) is 11.3 Å². The Balaban J connectivity index is 1.31. The Labute approximate surface area is 160 Å². The summed E-state index contributed by atoms with van der Waals surface area (Å²) in [6.45, 7) is 1.94. The number of hydrogen-bond donors (Lipinski definition) is 1. The maximum absolute atomic E-state index is 12.6. The third-order valence-corrected chi connectivity index (χ3v) is 6.65. The molecule has 2 aliphatic rings. The topological polar surface area (TPSA) is 90.9 Å². The van der Waals surface area contributed by atoms with E-state index < -0.39 is 0 Å². The van der Waals surface area contributed by atoms with Crippen molar-refractivity contribution < 1.29 is 4.79 Å². The number of carbonyl (C=O) groups is 1. The zero-order valence-electron chi connectivity index (χ0n) is 15.1. The minimum Gasteiger partial charge on any atom is -0.354 e. The molecule has 1 aliphatic heterocycles. The van der Waals surface area contributed by atoms with Crippen LogP contribution in [0.25, 0.3) is 11.2 Å². The minimum atomic E-state index is 0.0340. The van der Waals surface area contributed by atoms with Crippen molar-refractivity contribution >= 4 is 34.2 Å². The van der Waals surface area contributed by atoms with Crippen LogP contribution in [0.3, 0.4) is 0 Å². The van der Waals surface area contributed by atoms with Gasteiger partial charge in [-0.05, 0) is 31.1 Å². The molecule has 140 valence electrons. The van der Waals surface area contributed by atoms with Crippen LogP contribution in [-0.4, -0.2) is 61.9 Å². The van der Waals surface area contributed by atoms with Gasteiger partial charge in [0.1, 0.15) is 17.5 Å². The molecule has 1 N–H and O–H groups in total. The highest BCUT2D eigenvalue weighted by Crippen LogP contribution is 2.41. The lowest BCUT2D eigenvalue weighted by molar-refractivity contribution is 0.0725. The molecular formula is C18H21N7OS. The SMILES string of the molecule is CN(C(=O)c1cscn1)[C@H]1C[C@H]2CCN(c3ncnc4nc[nH]c34)C[C@H]2C1. The highest BCUT2D eigenvalue weighted by Gasteiger charge is 2.41. The van der Waals surface area contributed by atoms with Gasteiger partial charge in [-0.15, -0.1) is 11.3 Å². The molecule has 9 heteroatoms. The van der Waals surface area contributed by atoms with Crippen LogP contribution in [-0.2, 0) is 0 Å². The van der Waals surface area contributed by atoms with E-state index in [0.717, 1.165) is 43.7 Å². The highest BCUT2D eigenvalue weighted by atomic mass is 32.1. The Morgan fingerprint density at radius 2 is 2.15 bits per heavy atom. The molecule has 0 unspecified atom stereocenters. The van der Waals surface area contributed by atoms with Gasteiger partial charge in [0.25, 0.3) is 5.91 Å². The third-order valence-electron chi connectivity index (χ3n) is 6.06. The van der Waals surface area contributed by atoms with Crippen LogP contribution in [0.4, 0.5) is 5.82 Å². The summed E-state index contributed by atoms with van der Waals surface area (Å²) in [6.07, 6.45) is 6.49. The molecule has 27 heavy (non-hydrogen) atoms. The molecule has 0 bridgehead atoms. The van der Waals surface area contributed by atoms with E-state index in [-0.39, 0.29) is 11.9 Å². The van der Waals surface area contributed by atoms with Crippen LogP contribution >= 0.6 is 11.3 Å².